The summed E-state index contributed by atoms with van der Waals surface area (Å²) >= 11 is 0. The highest BCUT2D eigenvalue weighted by Gasteiger charge is 2.27. The summed E-state index contributed by atoms with van der Waals surface area (Å²) in [7, 11) is 0. The number of rotatable bonds is 3. The maximum atomic E-state index is 5.15. The van der Waals surface area contributed by atoms with Crippen molar-refractivity contribution in [1.82, 2.24) is 0 Å². The van der Waals surface area contributed by atoms with Crippen LogP contribution in [-0.4, -0.2) is 6.61 Å². The van der Waals surface area contributed by atoms with Crippen molar-refractivity contribution in [3.05, 3.63) is 59.7 Å². The van der Waals surface area contributed by atoms with Crippen LogP contribution in [0.1, 0.15) is 23.5 Å². The summed E-state index contributed by atoms with van der Waals surface area (Å²) in [6.45, 7) is 0.591. The average Bonchev–Trinajstić information content (AvgIpc) is 2.71. The fraction of sp³-hybridized carbons (Fsp3) is 0.200. The van der Waals surface area contributed by atoms with Crippen molar-refractivity contribution in [3.8, 4) is 11.1 Å². The number of hydrogen-bond donors (Lipinski definition) is 1. The average molecular weight is 225 g/mol. The van der Waals surface area contributed by atoms with Crippen LogP contribution < -0.4 is 5.90 Å². The standard InChI is InChI=1S/C15H15NO/c16-17-10-9-15-13-7-3-1-5-11(13)12-6-2-4-8-14(12)15/h1-8,15H,9-10,16H2. The molecule has 0 heterocycles. The van der Waals surface area contributed by atoms with Gasteiger partial charge in [0.1, 0.15) is 0 Å². The number of benzene rings is 2. The third-order valence-corrected chi connectivity index (χ3v) is 3.49. The molecule has 0 radical (unpaired) electrons. The van der Waals surface area contributed by atoms with E-state index >= 15 is 0 Å². The molecule has 1 aliphatic carbocycles. The summed E-state index contributed by atoms with van der Waals surface area (Å²) in [5.41, 5.74) is 5.49. The summed E-state index contributed by atoms with van der Waals surface area (Å²) in [4.78, 5) is 4.73. The summed E-state index contributed by atoms with van der Waals surface area (Å²) in [6.07, 6.45) is 0.935. The molecule has 2 aromatic carbocycles. The van der Waals surface area contributed by atoms with E-state index in [1.807, 2.05) is 0 Å². The zero-order chi connectivity index (χ0) is 11.7. The first-order valence-electron chi connectivity index (χ1n) is 5.91. The molecule has 0 spiro atoms. The van der Waals surface area contributed by atoms with Crippen molar-refractivity contribution in [3.63, 3.8) is 0 Å². The molecule has 0 saturated heterocycles. The van der Waals surface area contributed by atoms with Gasteiger partial charge in [-0.2, -0.15) is 0 Å². The van der Waals surface area contributed by atoms with E-state index in [4.69, 9.17) is 10.7 Å². The molecule has 86 valence electrons. The predicted molar refractivity (Wildman–Crippen MR) is 68.5 cm³/mol. The molecule has 1 aliphatic rings. The van der Waals surface area contributed by atoms with E-state index < -0.39 is 0 Å². The zero-order valence-corrected chi connectivity index (χ0v) is 9.60. The van der Waals surface area contributed by atoms with Crippen LogP contribution in [0.25, 0.3) is 11.1 Å². The van der Waals surface area contributed by atoms with Gasteiger partial charge in [0.25, 0.3) is 0 Å². The Bertz CT molecular complexity index is 490. The van der Waals surface area contributed by atoms with Crippen LogP contribution in [0.2, 0.25) is 0 Å². The molecular weight excluding hydrogens is 210 g/mol. The second kappa shape index (κ2) is 4.32. The second-order valence-corrected chi connectivity index (χ2v) is 4.39. The Hall–Kier alpha value is -1.64. The van der Waals surface area contributed by atoms with Crippen LogP contribution in [0, 0.1) is 0 Å². The Labute approximate surface area is 101 Å². The van der Waals surface area contributed by atoms with Gasteiger partial charge in [-0.1, -0.05) is 48.5 Å². The van der Waals surface area contributed by atoms with Crippen molar-refractivity contribution >= 4 is 0 Å². The third kappa shape index (κ3) is 1.66. The van der Waals surface area contributed by atoms with Gasteiger partial charge in [0.05, 0.1) is 6.61 Å². The molecule has 0 saturated carbocycles. The zero-order valence-electron chi connectivity index (χ0n) is 9.60. The van der Waals surface area contributed by atoms with E-state index in [1.54, 1.807) is 0 Å². The molecule has 2 N–H and O–H groups in total. The number of fused-ring (bicyclic) bond motifs is 3. The van der Waals surface area contributed by atoms with Gasteiger partial charge in [0.15, 0.2) is 0 Å². The fourth-order valence-electron chi connectivity index (χ4n) is 2.76. The highest BCUT2D eigenvalue weighted by Crippen LogP contribution is 2.45. The Morgan fingerprint density at radius 1 is 0.882 bits per heavy atom. The van der Waals surface area contributed by atoms with E-state index in [1.165, 1.54) is 22.3 Å². The lowest BCUT2D eigenvalue weighted by molar-refractivity contribution is 0.133. The predicted octanol–water partition coefficient (Wildman–Crippen LogP) is 3.08. The Kier molecular flexibility index (Phi) is 2.67. The first-order valence-corrected chi connectivity index (χ1v) is 5.91. The van der Waals surface area contributed by atoms with Crippen molar-refractivity contribution in [2.45, 2.75) is 12.3 Å². The van der Waals surface area contributed by atoms with Crippen LogP contribution >= 0.6 is 0 Å². The van der Waals surface area contributed by atoms with Gasteiger partial charge in [-0.05, 0) is 28.7 Å². The Balaban J connectivity index is 2.10. The van der Waals surface area contributed by atoms with E-state index in [-0.39, 0.29) is 0 Å². The summed E-state index contributed by atoms with van der Waals surface area (Å²) in [5.74, 6) is 5.57. The monoisotopic (exact) mass is 225 g/mol. The fourth-order valence-corrected chi connectivity index (χ4v) is 2.76. The van der Waals surface area contributed by atoms with E-state index in [0.29, 0.717) is 12.5 Å². The van der Waals surface area contributed by atoms with Gasteiger partial charge >= 0.3 is 0 Å². The minimum atomic E-state index is 0.422. The molecule has 0 aromatic heterocycles. The largest absolute Gasteiger partial charge is 0.305 e. The van der Waals surface area contributed by atoms with Crippen LogP contribution in [-0.2, 0) is 4.84 Å². The van der Waals surface area contributed by atoms with Crippen LogP contribution in [0.15, 0.2) is 48.5 Å². The normalized spacial score (nSPS) is 13.5. The van der Waals surface area contributed by atoms with Gasteiger partial charge < -0.3 is 4.84 Å². The lowest BCUT2D eigenvalue weighted by Gasteiger charge is -2.12. The molecule has 0 amide bonds. The summed E-state index contributed by atoms with van der Waals surface area (Å²) in [5, 5.41) is 0. The Morgan fingerprint density at radius 2 is 1.41 bits per heavy atom. The maximum absolute atomic E-state index is 5.15. The Morgan fingerprint density at radius 3 is 1.94 bits per heavy atom. The van der Waals surface area contributed by atoms with Gasteiger partial charge in [-0.25, -0.2) is 5.90 Å². The SMILES string of the molecule is NOCCC1c2ccccc2-c2ccccc21. The molecule has 3 rings (SSSR count). The van der Waals surface area contributed by atoms with Crippen molar-refractivity contribution < 1.29 is 4.84 Å². The highest BCUT2D eigenvalue weighted by atomic mass is 16.6. The molecule has 17 heavy (non-hydrogen) atoms. The molecular formula is C15H15NO. The van der Waals surface area contributed by atoms with Crippen molar-refractivity contribution in [2.24, 2.45) is 5.90 Å². The van der Waals surface area contributed by atoms with Gasteiger partial charge in [-0.3, -0.25) is 0 Å². The molecule has 2 nitrogen and oxygen atoms in total. The summed E-state index contributed by atoms with van der Waals surface area (Å²) < 4.78 is 0. The second-order valence-electron chi connectivity index (χ2n) is 4.39. The summed E-state index contributed by atoms with van der Waals surface area (Å²) in [6, 6.07) is 17.2. The first kappa shape index (κ1) is 10.5. The topological polar surface area (TPSA) is 35.2 Å². The highest BCUT2D eigenvalue weighted by molar-refractivity contribution is 5.78. The maximum Gasteiger partial charge on any atom is 0.0688 e. The lowest BCUT2D eigenvalue weighted by Crippen LogP contribution is -2.06. The van der Waals surface area contributed by atoms with Crippen molar-refractivity contribution in [1.29, 1.82) is 0 Å². The molecule has 0 bridgehead atoms. The molecule has 2 heteroatoms. The minimum Gasteiger partial charge on any atom is -0.305 e. The van der Waals surface area contributed by atoms with Crippen molar-refractivity contribution in [2.75, 3.05) is 6.61 Å². The van der Waals surface area contributed by atoms with Gasteiger partial charge in [0, 0.05) is 5.92 Å². The first-order chi connectivity index (χ1) is 8.42. The number of nitrogens with two attached hydrogens (primary N) is 1. The van der Waals surface area contributed by atoms with E-state index in [9.17, 15) is 0 Å². The number of hydrogen-bond acceptors (Lipinski definition) is 2. The smallest absolute Gasteiger partial charge is 0.0688 e. The van der Waals surface area contributed by atoms with Crippen LogP contribution in [0.5, 0.6) is 0 Å². The van der Waals surface area contributed by atoms with E-state index in [0.717, 1.165) is 6.42 Å². The van der Waals surface area contributed by atoms with E-state index in [2.05, 4.69) is 48.5 Å². The lowest BCUT2D eigenvalue weighted by atomic mass is 9.94. The van der Waals surface area contributed by atoms with Gasteiger partial charge in [0.2, 0.25) is 0 Å². The molecule has 0 unspecified atom stereocenters. The quantitative estimate of drug-likeness (QED) is 0.815. The molecule has 2 aromatic rings. The molecule has 0 fully saturated rings. The third-order valence-electron chi connectivity index (χ3n) is 3.49. The minimum absolute atomic E-state index is 0.422. The molecule has 0 atom stereocenters. The van der Waals surface area contributed by atoms with Gasteiger partial charge in [-0.15, -0.1) is 0 Å². The molecule has 0 aliphatic heterocycles. The van der Waals surface area contributed by atoms with Crippen LogP contribution in [0.4, 0.5) is 0 Å². The van der Waals surface area contributed by atoms with Crippen LogP contribution in [0.3, 0.4) is 0 Å².